The SMILES string of the molecule is CN=C(NCCN(C)CCCOC)NCc1ccc(Oc2ccccc2OC)cc1. The van der Waals surface area contributed by atoms with Gasteiger partial charge < -0.3 is 29.7 Å². The molecular weight excluding hydrogens is 380 g/mol. The molecule has 0 aliphatic carbocycles. The quantitative estimate of drug-likeness (QED) is 0.316. The van der Waals surface area contributed by atoms with Crippen LogP contribution in [0.4, 0.5) is 0 Å². The lowest BCUT2D eigenvalue weighted by molar-refractivity contribution is 0.180. The number of likely N-dealkylation sites (N-methyl/N-ethyl adjacent to an activating group) is 1. The Balaban J connectivity index is 1.75. The molecule has 0 heterocycles. The molecule has 0 aliphatic rings. The number of hydrogen-bond acceptors (Lipinski definition) is 5. The Morgan fingerprint density at radius 3 is 2.37 bits per heavy atom. The zero-order valence-corrected chi connectivity index (χ0v) is 18.5. The van der Waals surface area contributed by atoms with Crippen LogP contribution in [0.5, 0.6) is 17.2 Å². The van der Waals surface area contributed by atoms with Gasteiger partial charge in [-0.15, -0.1) is 0 Å². The van der Waals surface area contributed by atoms with Gasteiger partial charge in [-0.3, -0.25) is 4.99 Å². The summed E-state index contributed by atoms with van der Waals surface area (Å²) < 4.78 is 16.3. The number of aliphatic imine (C=N–C) groups is 1. The van der Waals surface area contributed by atoms with E-state index in [0.717, 1.165) is 49.9 Å². The van der Waals surface area contributed by atoms with E-state index in [4.69, 9.17) is 14.2 Å². The highest BCUT2D eigenvalue weighted by molar-refractivity contribution is 5.79. The summed E-state index contributed by atoms with van der Waals surface area (Å²) in [6.45, 7) is 4.26. The third kappa shape index (κ3) is 8.31. The maximum atomic E-state index is 5.92. The van der Waals surface area contributed by atoms with Crippen LogP contribution in [0.25, 0.3) is 0 Å². The van der Waals surface area contributed by atoms with E-state index in [1.54, 1.807) is 21.3 Å². The van der Waals surface area contributed by atoms with Gasteiger partial charge in [0.05, 0.1) is 7.11 Å². The van der Waals surface area contributed by atoms with E-state index in [2.05, 4.69) is 27.6 Å². The van der Waals surface area contributed by atoms with Crippen LogP contribution >= 0.6 is 0 Å². The van der Waals surface area contributed by atoms with Gasteiger partial charge in [-0.05, 0) is 43.3 Å². The Morgan fingerprint density at radius 1 is 0.967 bits per heavy atom. The second-order valence-corrected chi connectivity index (χ2v) is 6.90. The van der Waals surface area contributed by atoms with Gasteiger partial charge in [0, 0.05) is 46.9 Å². The maximum Gasteiger partial charge on any atom is 0.191 e. The van der Waals surface area contributed by atoms with E-state index in [0.29, 0.717) is 18.0 Å². The summed E-state index contributed by atoms with van der Waals surface area (Å²) >= 11 is 0. The fourth-order valence-corrected chi connectivity index (χ4v) is 2.87. The van der Waals surface area contributed by atoms with Crippen LogP contribution in [0.1, 0.15) is 12.0 Å². The molecule has 0 radical (unpaired) electrons. The Labute approximate surface area is 180 Å². The average Bonchev–Trinajstić information content (AvgIpc) is 2.77. The van der Waals surface area contributed by atoms with Gasteiger partial charge in [0.2, 0.25) is 0 Å². The predicted octanol–water partition coefficient (Wildman–Crippen LogP) is 3.12. The number of methoxy groups -OCH3 is 2. The minimum Gasteiger partial charge on any atom is -0.493 e. The van der Waals surface area contributed by atoms with Crippen molar-refractivity contribution in [3.05, 3.63) is 54.1 Å². The van der Waals surface area contributed by atoms with Crippen LogP contribution in [-0.2, 0) is 11.3 Å². The molecule has 164 valence electrons. The lowest BCUT2D eigenvalue weighted by Crippen LogP contribution is -2.40. The van der Waals surface area contributed by atoms with E-state index >= 15 is 0 Å². The van der Waals surface area contributed by atoms with Crippen molar-refractivity contribution in [1.29, 1.82) is 0 Å². The first-order chi connectivity index (χ1) is 14.7. The first kappa shape index (κ1) is 23.5. The van der Waals surface area contributed by atoms with Gasteiger partial charge in [-0.25, -0.2) is 0 Å². The summed E-state index contributed by atoms with van der Waals surface area (Å²) in [5.41, 5.74) is 1.14. The van der Waals surface area contributed by atoms with Gasteiger partial charge in [-0.1, -0.05) is 24.3 Å². The number of ether oxygens (including phenoxy) is 3. The molecule has 0 saturated carbocycles. The van der Waals surface area contributed by atoms with Gasteiger partial charge >= 0.3 is 0 Å². The number of benzene rings is 2. The molecule has 0 aliphatic heterocycles. The summed E-state index contributed by atoms with van der Waals surface area (Å²) in [5.74, 6) is 2.96. The van der Waals surface area contributed by atoms with Crippen molar-refractivity contribution >= 4 is 5.96 Å². The average molecular weight is 415 g/mol. The van der Waals surface area contributed by atoms with Crippen LogP contribution in [0.2, 0.25) is 0 Å². The van der Waals surface area contributed by atoms with Crippen LogP contribution in [-0.4, -0.2) is 65.4 Å². The molecular formula is C23H34N4O3. The molecule has 0 bridgehead atoms. The van der Waals surface area contributed by atoms with E-state index in [1.165, 1.54) is 0 Å². The highest BCUT2D eigenvalue weighted by atomic mass is 16.5. The molecule has 2 aromatic rings. The van der Waals surface area contributed by atoms with Crippen LogP contribution in [0.3, 0.4) is 0 Å². The summed E-state index contributed by atoms with van der Waals surface area (Å²) in [7, 11) is 7.26. The molecule has 0 saturated heterocycles. The summed E-state index contributed by atoms with van der Waals surface area (Å²) in [6.07, 6.45) is 1.04. The molecule has 0 unspecified atom stereocenters. The van der Waals surface area contributed by atoms with E-state index in [-0.39, 0.29) is 0 Å². The van der Waals surface area contributed by atoms with Crippen LogP contribution in [0, 0.1) is 0 Å². The lowest BCUT2D eigenvalue weighted by atomic mass is 10.2. The second kappa shape index (κ2) is 13.5. The zero-order valence-electron chi connectivity index (χ0n) is 18.5. The van der Waals surface area contributed by atoms with Crippen LogP contribution < -0.4 is 20.1 Å². The molecule has 0 spiro atoms. The molecule has 2 aromatic carbocycles. The largest absolute Gasteiger partial charge is 0.493 e. The molecule has 0 atom stereocenters. The highest BCUT2D eigenvalue weighted by Crippen LogP contribution is 2.30. The first-order valence-electron chi connectivity index (χ1n) is 10.2. The smallest absolute Gasteiger partial charge is 0.191 e. The molecule has 0 aromatic heterocycles. The first-order valence-corrected chi connectivity index (χ1v) is 10.2. The van der Waals surface area contributed by atoms with Crippen molar-refractivity contribution in [2.75, 3.05) is 54.6 Å². The molecule has 2 N–H and O–H groups in total. The Hall–Kier alpha value is -2.77. The minimum absolute atomic E-state index is 0.679. The van der Waals surface area contributed by atoms with Gasteiger partial charge in [-0.2, -0.15) is 0 Å². The third-order valence-electron chi connectivity index (χ3n) is 4.58. The number of rotatable bonds is 12. The predicted molar refractivity (Wildman–Crippen MR) is 122 cm³/mol. The van der Waals surface area contributed by atoms with E-state index < -0.39 is 0 Å². The molecule has 7 nitrogen and oxygen atoms in total. The normalized spacial score (nSPS) is 11.4. The molecule has 0 amide bonds. The summed E-state index contributed by atoms with van der Waals surface area (Å²) in [4.78, 5) is 6.56. The second-order valence-electron chi connectivity index (χ2n) is 6.90. The van der Waals surface area contributed by atoms with E-state index in [1.807, 2.05) is 48.5 Å². The van der Waals surface area contributed by atoms with Crippen molar-refractivity contribution in [1.82, 2.24) is 15.5 Å². The third-order valence-corrected chi connectivity index (χ3v) is 4.58. The number of para-hydroxylation sites is 2. The van der Waals surface area contributed by atoms with Crippen molar-refractivity contribution in [3.8, 4) is 17.2 Å². The zero-order chi connectivity index (χ0) is 21.6. The lowest BCUT2D eigenvalue weighted by Gasteiger charge is -2.18. The van der Waals surface area contributed by atoms with Gasteiger partial charge in [0.1, 0.15) is 5.75 Å². The number of nitrogens with one attached hydrogen (secondary N) is 2. The Bertz CT molecular complexity index is 765. The Morgan fingerprint density at radius 2 is 1.70 bits per heavy atom. The maximum absolute atomic E-state index is 5.92. The van der Waals surface area contributed by atoms with Crippen molar-refractivity contribution < 1.29 is 14.2 Å². The molecule has 0 fully saturated rings. The standard InChI is InChI=1S/C23H34N4O3/c1-24-23(25-14-16-27(2)15-7-17-28-3)26-18-19-10-12-20(13-11-19)30-22-9-6-5-8-21(22)29-4/h5-6,8-13H,7,14-18H2,1-4H3,(H2,24,25,26). The molecule has 30 heavy (non-hydrogen) atoms. The van der Waals surface area contributed by atoms with Crippen molar-refractivity contribution in [2.45, 2.75) is 13.0 Å². The number of hydrogen-bond donors (Lipinski definition) is 2. The Kier molecular flexibility index (Phi) is 10.5. The molecule has 7 heteroatoms. The van der Waals surface area contributed by atoms with Crippen molar-refractivity contribution in [3.63, 3.8) is 0 Å². The fourth-order valence-electron chi connectivity index (χ4n) is 2.87. The van der Waals surface area contributed by atoms with Crippen molar-refractivity contribution in [2.24, 2.45) is 4.99 Å². The number of guanidine groups is 1. The summed E-state index contributed by atoms with van der Waals surface area (Å²) in [5, 5.41) is 6.68. The monoisotopic (exact) mass is 414 g/mol. The fraction of sp³-hybridized carbons (Fsp3) is 0.435. The van der Waals surface area contributed by atoms with Crippen LogP contribution in [0.15, 0.2) is 53.5 Å². The molecule has 2 rings (SSSR count). The minimum atomic E-state index is 0.679. The summed E-state index contributed by atoms with van der Waals surface area (Å²) in [6, 6.07) is 15.6. The highest BCUT2D eigenvalue weighted by Gasteiger charge is 2.05. The number of nitrogens with zero attached hydrogens (tertiary/aromatic N) is 2. The van der Waals surface area contributed by atoms with Gasteiger partial charge in [0.15, 0.2) is 17.5 Å². The van der Waals surface area contributed by atoms with Gasteiger partial charge in [0.25, 0.3) is 0 Å². The van der Waals surface area contributed by atoms with E-state index in [9.17, 15) is 0 Å². The topological polar surface area (TPSA) is 67.4 Å².